The van der Waals surface area contributed by atoms with Crippen molar-refractivity contribution in [1.29, 1.82) is 0 Å². The van der Waals surface area contributed by atoms with Gasteiger partial charge in [-0.05, 0) is 32.4 Å². The minimum Gasteiger partial charge on any atom is -0.459 e. The van der Waals surface area contributed by atoms with Gasteiger partial charge in [-0.1, -0.05) is 0 Å². The SMILES string of the molecule is Cc1ccc(-c2nc(C)c(C(=O)NCc3nnc4n3CCC4)s2)o1. The standard InChI is InChI=1S/C16H17N5O2S/c1-9-5-6-11(23-9)16-18-10(2)14(24-16)15(22)17-8-13-20-19-12-4-3-7-21(12)13/h5-6H,3-4,7-8H2,1-2H3,(H,17,22). The van der Waals surface area contributed by atoms with Gasteiger partial charge in [0.25, 0.3) is 5.91 Å². The lowest BCUT2D eigenvalue weighted by Gasteiger charge is -2.04. The Kier molecular flexibility index (Phi) is 3.68. The lowest BCUT2D eigenvalue weighted by atomic mass is 10.3. The van der Waals surface area contributed by atoms with Crippen LogP contribution in [0.3, 0.4) is 0 Å². The number of hydrogen-bond acceptors (Lipinski definition) is 6. The smallest absolute Gasteiger partial charge is 0.263 e. The topological polar surface area (TPSA) is 85.8 Å². The molecule has 0 saturated heterocycles. The van der Waals surface area contributed by atoms with Crippen molar-refractivity contribution in [3.8, 4) is 10.8 Å². The summed E-state index contributed by atoms with van der Waals surface area (Å²) in [5.74, 6) is 3.18. The third-order valence-corrected chi connectivity index (χ3v) is 5.22. The van der Waals surface area contributed by atoms with Crippen molar-refractivity contribution in [3.05, 3.63) is 40.1 Å². The van der Waals surface area contributed by atoms with Crippen molar-refractivity contribution in [2.45, 2.75) is 39.8 Å². The molecule has 0 aromatic carbocycles. The average Bonchev–Trinajstić information content (AvgIpc) is 3.29. The molecular weight excluding hydrogens is 326 g/mol. The highest BCUT2D eigenvalue weighted by molar-refractivity contribution is 7.17. The predicted octanol–water partition coefficient (Wildman–Crippen LogP) is 2.49. The molecule has 1 amide bonds. The number of nitrogens with zero attached hydrogens (tertiary/aromatic N) is 4. The molecule has 0 spiro atoms. The van der Waals surface area contributed by atoms with E-state index in [1.165, 1.54) is 11.3 Å². The molecule has 0 aliphatic carbocycles. The number of nitrogens with one attached hydrogen (secondary N) is 1. The minimum atomic E-state index is -0.144. The summed E-state index contributed by atoms with van der Waals surface area (Å²) in [6.45, 7) is 5.02. The Morgan fingerprint density at radius 2 is 2.25 bits per heavy atom. The first-order chi connectivity index (χ1) is 11.6. The molecule has 3 aromatic rings. The maximum absolute atomic E-state index is 12.5. The van der Waals surface area contributed by atoms with Gasteiger partial charge in [0, 0.05) is 13.0 Å². The number of fused-ring (bicyclic) bond motifs is 1. The van der Waals surface area contributed by atoms with Crippen molar-refractivity contribution < 1.29 is 9.21 Å². The molecule has 1 aliphatic rings. The quantitative estimate of drug-likeness (QED) is 0.786. The first-order valence-corrected chi connectivity index (χ1v) is 8.67. The van der Waals surface area contributed by atoms with Crippen molar-refractivity contribution in [2.75, 3.05) is 0 Å². The molecule has 7 nitrogen and oxygen atoms in total. The van der Waals surface area contributed by atoms with E-state index in [1.54, 1.807) is 0 Å². The van der Waals surface area contributed by atoms with Crippen molar-refractivity contribution >= 4 is 17.2 Å². The van der Waals surface area contributed by atoms with Gasteiger partial charge in [0.1, 0.15) is 16.5 Å². The number of rotatable bonds is 4. The minimum absolute atomic E-state index is 0.144. The van der Waals surface area contributed by atoms with Crippen LogP contribution in [0.25, 0.3) is 10.8 Å². The molecule has 0 bridgehead atoms. The lowest BCUT2D eigenvalue weighted by molar-refractivity contribution is 0.0952. The van der Waals surface area contributed by atoms with E-state index in [9.17, 15) is 4.79 Å². The summed E-state index contributed by atoms with van der Waals surface area (Å²) in [6, 6.07) is 3.76. The first kappa shape index (κ1) is 15.1. The van der Waals surface area contributed by atoms with Gasteiger partial charge < -0.3 is 14.3 Å². The second-order valence-corrected chi connectivity index (χ2v) is 6.81. The normalized spacial score (nSPS) is 13.2. The highest BCUT2D eigenvalue weighted by atomic mass is 32.1. The van der Waals surface area contributed by atoms with Crippen LogP contribution in [-0.2, 0) is 19.5 Å². The molecular formula is C16H17N5O2S. The number of aryl methyl sites for hydroxylation is 3. The summed E-state index contributed by atoms with van der Waals surface area (Å²) < 4.78 is 7.66. The van der Waals surface area contributed by atoms with E-state index < -0.39 is 0 Å². The van der Waals surface area contributed by atoms with Crippen LogP contribution in [0.2, 0.25) is 0 Å². The molecule has 8 heteroatoms. The highest BCUT2D eigenvalue weighted by Gasteiger charge is 2.20. The number of amides is 1. The number of hydrogen-bond donors (Lipinski definition) is 1. The first-order valence-electron chi connectivity index (χ1n) is 7.85. The molecule has 3 aromatic heterocycles. The fourth-order valence-electron chi connectivity index (χ4n) is 2.84. The Bertz CT molecular complexity index is 908. The van der Waals surface area contributed by atoms with Crippen molar-refractivity contribution in [3.63, 3.8) is 0 Å². The molecule has 4 heterocycles. The maximum atomic E-state index is 12.5. The van der Waals surface area contributed by atoms with E-state index in [0.29, 0.717) is 27.9 Å². The van der Waals surface area contributed by atoms with Crippen molar-refractivity contribution in [1.82, 2.24) is 25.1 Å². The zero-order valence-electron chi connectivity index (χ0n) is 13.5. The van der Waals surface area contributed by atoms with E-state index in [1.807, 2.05) is 26.0 Å². The number of carbonyl (C=O) groups is 1. The Morgan fingerprint density at radius 3 is 3.04 bits per heavy atom. The zero-order chi connectivity index (χ0) is 16.7. The van der Waals surface area contributed by atoms with Gasteiger partial charge in [-0.25, -0.2) is 4.98 Å². The Balaban J connectivity index is 1.49. The van der Waals surface area contributed by atoms with E-state index in [0.717, 1.165) is 36.8 Å². The Hall–Kier alpha value is -2.48. The third kappa shape index (κ3) is 2.62. The summed E-state index contributed by atoms with van der Waals surface area (Å²) in [5.41, 5.74) is 0.702. The maximum Gasteiger partial charge on any atom is 0.263 e. The van der Waals surface area contributed by atoms with Crippen LogP contribution in [0.4, 0.5) is 0 Å². The van der Waals surface area contributed by atoms with Crippen LogP contribution < -0.4 is 5.32 Å². The number of furan rings is 1. The van der Waals surface area contributed by atoms with E-state index in [-0.39, 0.29) is 5.91 Å². The van der Waals surface area contributed by atoms with Crippen molar-refractivity contribution in [2.24, 2.45) is 0 Å². The van der Waals surface area contributed by atoms with E-state index >= 15 is 0 Å². The van der Waals surface area contributed by atoms with Crippen LogP contribution in [0.1, 0.15) is 39.2 Å². The summed E-state index contributed by atoms with van der Waals surface area (Å²) >= 11 is 1.34. The Labute approximate surface area is 142 Å². The second-order valence-electron chi connectivity index (χ2n) is 5.81. The number of thiazole rings is 1. The molecule has 0 saturated carbocycles. The molecule has 1 N–H and O–H groups in total. The lowest BCUT2D eigenvalue weighted by Crippen LogP contribution is -2.24. The fraction of sp³-hybridized carbons (Fsp3) is 0.375. The molecule has 0 radical (unpaired) electrons. The van der Waals surface area contributed by atoms with Crippen LogP contribution in [0.15, 0.2) is 16.5 Å². The van der Waals surface area contributed by atoms with Gasteiger partial charge in [0.15, 0.2) is 16.6 Å². The predicted molar refractivity (Wildman–Crippen MR) is 88.8 cm³/mol. The zero-order valence-corrected chi connectivity index (χ0v) is 14.3. The fourth-order valence-corrected chi connectivity index (χ4v) is 3.79. The molecule has 0 fully saturated rings. The van der Waals surface area contributed by atoms with Crippen LogP contribution in [-0.4, -0.2) is 25.7 Å². The Morgan fingerprint density at radius 1 is 1.38 bits per heavy atom. The highest BCUT2D eigenvalue weighted by Crippen LogP contribution is 2.29. The average molecular weight is 343 g/mol. The van der Waals surface area contributed by atoms with Crippen LogP contribution in [0, 0.1) is 13.8 Å². The molecule has 24 heavy (non-hydrogen) atoms. The van der Waals surface area contributed by atoms with Gasteiger partial charge in [-0.15, -0.1) is 21.5 Å². The number of carbonyl (C=O) groups excluding carboxylic acids is 1. The monoisotopic (exact) mass is 343 g/mol. The summed E-state index contributed by atoms with van der Waals surface area (Å²) in [6.07, 6.45) is 2.05. The van der Waals surface area contributed by atoms with Gasteiger partial charge in [-0.3, -0.25) is 4.79 Å². The summed E-state index contributed by atoms with van der Waals surface area (Å²) in [5, 5.41) is 11.9. The van der Waals surface area contributed by atoms with Gasteiger partial charge in [-0.2, -0.15) is 0 Å². The molecule has 4 rings (SSSR count). The largest absolute Gasteiger partial charge is 0.459 e. The summed E-state index contributed by atoms with van der Waals surface area (Å²) in [7, 11) is 0. The van der Waals surface area contributed by atoms with Crippen LogP contribution >= 0.6 is 11.3 Å². The van der Waals surface area contributed by atoms with Gasteiger partial charge >= 0.3 is 0 Å². The number of aromatic nitrogens is 4. The molecule has 124 valence electrons. The third-order valence-electron chi connectivity index (χ3n) is 4.05. The van der Waals surface area contributed by atoms with Gasteiger partial charge in [0.05, 0.1) is 12.2 Å². The van der Waals surface area contributed by atoms with Crippen LogP contribution in [0.5, 0.6) is 0 Å². The van der Waals surface area contributed by atoms with E-state index in [2.05, 4.69) is 25.1 Å². The van der Waals surface area contributed by atoms with Gasteiger partial charge in [0.2, 0.25) is 0 Å². The molecule has 0 atom stereocenters. The summed E-state index contributed by atoms with van der Waals surface area (Å²) in [4.78, 5) is 17.5. The molecule has 1 aliphatic heterocycles. The molecule has 0 unspecified atom stereocenters. The van der Waals surface area contributed by atoms with E-state index in [4.69, 9.17) is 4.42 Å². The second kappa shape index (κ2) is 5.86.